The largest absolute Gasteiger partial charge is 0.478 e. The number of aromatic nitrogens is 2. The molecule has 1 atom stereocenters. The van der Waals surface area contributed by atoms with Gasteiger partial charge >= 0.3 is 5.97 Å². The highest BCUT2D eigenvalue weighted by atomic mass is 35.5. The first kappa shape index (κ1) is 28.3. The molecule has 1 unspecified atom stereocenters. The van der Waals surface area contributed by atoms with Crippen LogP contribution in [0.5, 0.6) is 0 Å². The quantitative estimate of drug-likeness (QED) is 0.350. The molecule has 7 nitrogen and oxygen atoms in total. The SMILES string of the molecule is C=C(Cl)/C(C(=O)n1nc(-c2ccc(C(=O)O)cc2F)c2c1CC(C(=O)NC)CC2)=C(\CC)C1CC1.CC. The number of nitrogens with zero attached hydrogens (tertiary/aromatic N) is 2. The minimum Gasteiger partial charge on any atom is -0.478 e. The Labute approximate surface area is 221 Å². The number of carboxylic acid groups (broad SMARTS) is 1. The second kappa shape index (κ2) is 11.9. The van der Waals surface area contributed by atoms with Gasteiger partial charge in [-0.15, -0.1) is 0 Å². The van der Waals surface area contributed by atoms with Gasteiger partial charge in [-0.1, -0.05) is 44.5 Å². The van der Waals surface area contributed by atoms with Crippen molar-refractivity contribution in [3.8, 4) is 11.3 Å². The Hall–Kier alpha value is -3.26. The highest BCUT2D eigenvalue weighted by Gasteiger charge is 2.36. The number of fused-ring (bicyclic) bond motifs is 1. The third-order valence-corrected chi connectivity index (χ3v) is 7.00. The van der Waals surface area contributed by atoms with E-state index in [2.05, 4.69) is 17.0 Å². The summed E-state index contributed by atoms with van der Waals surface area (Å²) >= 11 is 6.32. The summed E-state index contributed by atoms with van der Waals surface area (Å²) in [6.07, 6.45) is 3.79. The fraction of sp³-hybridized carbons (Fsp3) is 0.429. The standard InChI is InChI=1S/C26H27ClFN3O4.C2H6/c1-4-17(14-5-6-14)22(13(2)27)25(33)31-21-12-15(24(32)29-3)7-10-19(21)23(30-31)18-9-8-16(26(34)35)11-20(18)28;1-2/h8-9,11,14-15H,2,4-7,10,12H2,1,3H3,(H,29,32)(H,34,35);1-2H3/b22-17-;. The summed E-state index contributed by atoms with van der Waals surface area (Å²) in [6.45, 7) is 9.78. The summed E-state index contributed by atoms with van der Waals surface area (Å²) < 4.78 is 16.3. The van der Waals surface area contributed by atoms with Crippen LogP contribution in [0.2, 0.25) is 0 Å². The number of carbonyl (C=O) groups is 3. The molecule has 0 bridgehead atoms. The summed E-state index contributed by atoms with van der Waals surface area (Å²) in [4.78, 5) is 37.5. The molecule has 4 rings (SSSR count). The predicted octanol–water partition coefficient (Wildman–Crippen LogP) is 5.77. The van der Waals surface area contributed by atoms with Crippen molar-refractivity contribution in [3.05, 3.63) is 63.6 Å². The van der Waals surface area contributed by atoms with Gasteiger partial charge in [0.25, 0.3) is 5.91 Å². The molecule has 2 aromatic rings. The van der Waals surface area contributed by atoms with E-state index in [0.717, 1.165) is 24.5 Å². The van der Waals surface area contributed by atoms with Crippen LogP contribution in [0.15, 0.2) is 41.0 Å². The number of carbonyl (C=O) groups excluding carboxylic acids is 2. The number of hydrogen-bond acceptors (Lipinski definition) is 4. The topological polar surface area (TPSA) is 101 Å². The molecule has 2 aliphatic carbocycles. The zero-order valence-electron chi connectivity index (χ0n) is 21.7. The van der Waals surface area contributed by atoms with Gasteiger partial charge in [-0.2, -0.15) is 9.78 Å². The number of amides is 1. The summed E-state index contributed by atoms with van der Waals surface area (Å²) in [5.74, 6) is -2.66. The maximum Gasteiger partial charge on any atom is 0.335 e. The molecular weight excluding hydrogens is 497 g/mol. The summed E-state index contributed by atoms with van der Waals surface area (Å²) in [5.41, 5.74) is 2.63. The summed E-state index contributed by atoms with van der Waals surface area (Å²) in [6, 6.07) is 3.60. The average Bonchev–Trinajstić information content (AvgIpc) is 3.67. The van der Waals surface area contributed by atoms with Gasteiger partial charge in [-0.3, -0.25) is 9.59 Å². The highest BCUT2D eigenvalue weighted by molar-refractivity contribution is 6.35. The number of benzene rings is 1. The van der Waals surface area contributed by atoms with Crippen LogP contribution >= 0.6 is 11.6 Å². The molecule has 0 saturated heterocycles. The third-order valence-electron chi connectivity index (χ3n) is 6.81. The van der Waals surface area contributed by atoms with Crippen LogP contribution in [0.1, 0.15) is 72.9 Å². The van der Waals surface area contributed by atoms with E-state index in [1.165, 1.54) is 16.8 Å². The van der Waals surface area contributed by atoms with Gasteiger partial charge in [0.1, 0.15) is 5.82 Å². The zero-order chi connectivity index (χ0) is 27.4. The summed E-state index contributed by atoms with van der Waals surface area (Å²) in [5, 5.41) is 16.5. The molecule has 198 valence electrons. The molecule has 2 N–H and O–H groups in total. The Kier molecular flexibility index (Phi) is 9.07. The lowest BCUT2D eigenvalue weighted by atomic mass is 9.85. The van der Waals surface area contributed by atoms with E-state index in [-0.39, 0.29) is 46.0 Å². The Balaban J connectivity index is 0.00000186. The maximum absolute atomic E-state index is 15.0. The van der Waals surface area contributed by atoms with Crippen molar-refractivity contribution in [2.45, 2.75) is 59.3 Å². The van der Waals surface area contributed by atoms with E-state index in [9.17, 15) is 19.5 Å². The molecule has 1 amide bonds. The van der Waals surface area contributed by atoms with Gasteiger partial charge < -0.3 is 10.4 Å². The van der Waals surface area contributed by atoms with Crippen molar-refractivity contribution < 1.29 is 23.9 Å². The number of aromatic carboxylic acids is 1. The number of hydrogen-bond donors (Lipinski definition) is 2. The van der Waals surface area contributed by atoms with E-state index >= 15 is 4.39 Å². The minimum atomic E-state index is -1.24. The van der Waals surface area contributed by atoms with Gasteiger partial charge in [-0.05, 0) is 56.2 Å². The lowest BCUT2D eigenvalue weighted by molar-refractivity contribution is -0.124. The van der Waals surface area contributed by atoms with Crippen LogP contribution in [0.4, 0.5) is 4.39 Å². The van der Waals surface area contributed by atoms with Crippen molar-refractivity contribution in [2.24, 2.45) is 11.8 Å². The van der Waals surface area contributed by atoms with E-state index in [1.807, 2.05) is 20.8 Å². The van der Waals surface area contributed by atoms with Crippen molar-refractivity contribution in [1.82, 2.24) is 15.1 Å². The van der Waals surface area contributed by atoms with Gasteiger partial charge in [0.15, 0.2) is 0 Å². The number of nitrogens with one attached hydrogen (secondary N) is 1. The van der Waals surface area contributed by atoms with Crippen LogP contribution in [-0.4, -0.2) is 39.7 Å². The number of carboxylic acids is 1. The van der Waals surface area contributed by atoms with Gasteiger partial charge in [-0.25, -0.2) is 9.18 Å². The Morgan fingerprint density at radius 3 is 2.41 bits per heavy atom. The first-order valence-corrected chi connectivity index (χ1v) is 13.0. The first-order chi connectivity index (χ1) is 17.7. The smallest absolute Gasteiger partial charge is 0.335 e. The Morgan fingerprint density at radius 2 is 1.89 bits per heavy atom. The first-order valence-electron chi connectivity index (χ1n) is 12.7. The number of halogens is 2. The molecule has 1 saturated carbocycles. The van der Waals surface area contributed by atoms with E-state index in [4.69, 9.17) is 11.6 Å². The normalized spacial score (nSPS) is 17.1. The number of rotatable bonds is 7. The maximum atomic E-state index is 15.0. The molecule has 1 aromatic carbocycles. The zero-order valence-corrected chi connectivity index (χ0v) is 22.4. The van der Waals surface area contributed by atoms with E-state index in [0.29, 0.717) is 36.1 Å². The van der Waals surface area contributed by atoms with Crippen molar-refractivity contribution in [3.63, 3.8) is 0 Å². The number of allylic oxidation sites excluding steroid dienone is 3. The van der Waals surface area contributed by atoms with Crippen LogP contribution < -0.4 is 5.32 Å². The van der Waals surface area contributed by atoms with Gasteiger partial charge in [0, 0.05) is 35.5 Å². The molecule has 9 heteroatoms. The lowest BCUT2D eigenvalue weighted by Gasteiger charge is -2.22. The average molecular weight is 530 g/mol. The van der Waals surface area contributed by atoms with Crippen LogP contribution in [0.25, 0.3) is 11.3 Å². The van der Waals surface area contributed by atoms with E-state index in [1.54, 1.807) is 7.05 Å². The van der Waals surface area contributed by atoms with Gasteiger partial charge in [0.05, 0.1) is 22.5 Å². The van der Waals surface area contributed by atoms with Crippen LogP contribution in [0.3, 0.4) is 0 Å². The summed E-state index contributed by atoms with van der Waals surface area (Å²) in [7, 11) is 1.56. The molecule has 0 spiro atoms. The van der Waals surface area contributed by atoms with Crippen LogP contribution in [0, 0.1) is 17.7 Å². The molecular formula is C28H33ClFN3O4. The van der Waals surface area contributed by atoms with Crippen LogP contribution in [-0.2, 0) is 17.6 Å². The Morgan fingerprint density at radius 1 is 1.22 bits per heavy atom. The fourth-order valence-electron chi connectivity index (χ4n) is 4.90. The molecule has 1 fully saturated rings. The monoisotopic (exact) mass is 529 g/mol. The predicted molar refractivity (Wildman–Crippen MR) is 141 cm³/mol. The molecule has 1 aromatic heterocycles. The van der Waals surface area contributed by atoms with Crippen molar-refractivity contribution >= 4 is 29.4 Å². The second-order valence-corrected chi connectivity index (χ2v) is 9.43. The van der Waals surface area contributed by atoms with Crippen molar-refractivity contribution in [2.75, 3.05) is 7.05 Å². The molecule has 0 aliphatic heterocycles. The Bertz CT molecular complexity index is 1280. The van der Waals surface area contributed by atoms with Crippen molar-refractivity contribution in [1.29, 1.82) is 0 Å². The highest BCUT2D eigenvalue weighted by Crippen LogP contribution is 2.42. The molecule has 0 radical (unpaired) electrons. The van der Waals surface area contributed by atoms with E-state index < -0.39 is 17.7 Å². The fourth-order valence-corrected chi connectivity index (χ4v) is 5.10. The minimum absolute atomic E-state index is 0.101. The second-order valence-electron chi connectivity index (χ2n) is 8.98. The van der Waals surface area contributed by atoms with Gasteiger partial charge in [0.2, 0.25) is 5.91 Å². The third kappa shape index (κ3) is 5.69. The molecule has 2 aliphatic rings. The lowest BCUT2D eigenvalue weighted by Crippen LogP contribution is -2.33. The molecule has 1 heterocycles. The molecule has 37 heavy (non-hydrogen) atoms.